The molecule has 0 atom stereocenters. The van der Waals surface area contributed by atoms with Crippen molar-refractivity contribution >= 4 is 41.3 Å². The van der Waals surface area contributed by atoms with Crippen LogP contribution in [0.3, 0.4) is 0 Å². The molecule has 1 aromatic heterocycles. The van der Waals surface area contributed by atoms with Crippen molar-refractivity contribution in [3.63, 3.8) is 0 Å². The zero-order valence-electron chi connectivity index (χ0n) is 14.6. The van der Waals surface area contributed by atoms with Crippen LogP contribution in [0.1, 0.15) is 22.4 Å². The first-order chi connectivity index (χ1) is 11.7. The highest BCUT2D eigenvalue weighted by molar-refractivity contribution is 14.0. The van der Waals surface area contributed by atoms with E-state index in [2.05, 4.69) is 27.5 Å². The smallest absolute Gasteiger partial charge is 0.191 e. The Morgan fingerprint density at radius 3 is 2.76 bits per heavy atom. The van der Waals surface area contributed by atoms with Gasteiger partial charge in [-0.15, -0.1) is 35.3 Å². The highest BCUT2D eigenvalue weighted by atomic mass is 127. The number of benzene rings is 1. The molecule has 0 aliphatic carbocycles. The lowest BCUT2D eigenvalue weighted by atomic mass is 10.2. The summed E-state index contributed by atoms with van der Waals surface area (Å²) in [7, 11) is 3.16. The minimum absolute atomic E-state index is 0. The van der Waals surface area contributed by atoms with Gasteiger partial charge in [0.25, 0.3) is 0 Å². The van der Waals surface area contributed by atoms with Crippen LogP contribution in [-0.2, 0) is 19.4 Å². The van der Waals surface area contributed by atoms with E-state index in [1.54, 1.807) is 24.5 Å². The number of rotatable bonds is 7. The van der Waals surface area contributed by atoms with Crippen LogP contribution in [-0.4, -0.2) is 31.6 Å². The SMILES string of the molecule is CCc1cnc(CCNC(=NC)NCc2ccc(OC)c(F)c2)s1.I. The van der Waals surface area contributed by atoms with E-state index < -0.39 is 0 Å². The van der Waals surface area contributed by atoms with Gasteiger partial charge in [-0.3, -0.25) is 4.99 Å². The number of nitrogens with one attached hydrogen (secondary N) is 2. The number of ether oxygens (including phenoxy) is 1. The third-order valence-corrected chi connectivity index (χ3v) is 4.68. The maximum Gasteiger partial charge on any atom is 0.191 e. The van der Waals surface area contributed by atoms with Crippen molar-refractivity contribution < 1.29 is 9.13 Å². The van der Waals surface area contributed by atoms with Crippen molar-refractivity contribution in [2.75, 3.05) is 20.7 Å². The van der Waals surface area contributed by atoms with Crippen LogP contribution in [0, 0.1) is 5.82 Å². The monoisotopic (exact) mass is 478 g/mol. The summed E-state index contributed by atoms with van der Waals surface area (Å²) in [6, 6.07) is 4.90. The van der Waals surface area contributed by atoms with Gasteiger partial charge in [0.1, 0.15) is 0 Å². The molecular formula is C17H24FIN4OS. The average Bonchev–Trinajstić information content (AvgIpc) is 3.06. The average molecular weight is 478 g/mol. The van der Waals surface area contributed by atoms with Gasteiger partial charge in [0.15, 0.2) is 17.5 Å². The van der Waals surface area contributed by atoms with Gasteiger partial charge in [0, 0.05) is 37.6 Å². The van der Waals surface area contributed by atoms with Gasteiger partial charge in [0.2, 0.25) is 0 Å². The molecule has 0 unspecified atom stereocenters. The topological polar surface area (TPSA) is 58.5 Å². The molecule has 2 N–H and O–H groups in total. The van der Waals surface area contributed by atoms with E-state index in [9.17, 15) is 4.39 Å². The molecule has 2 rings (SSSR count). The van der Waals surface area contributed by atoms with Gasteiger partial charge in [-0.25, -0.2) is 9.37 Å². The third-order valence-electron chi connectivity index (χ3n) is 3.48. The van der Waals surface area contributed by atoms with Crippen LogP contribution in [0.15, 0.2) is 29.4 Å². The van der Waals surface area contributed by atoms with Crippen LogP contribution in [0.25, 0.3) is 0 Å². The Bertz CT molecular complexity index is 693. The number of hydrogen-bond donors (Lipinski definition) is 2. The number of methoxy groups -OCH3 is 1. The van der Waals surface area contributed by atoms with E-state index in [-0.39, 0.29) is 35.5 Å². The minimum Gasteiger partial charge on any atom is -0.494 e. The number of halogens is 2. The van der Waals surface area contributed by atoms with Crippen LogP contribution in [0.5, 0.6) is 5.75 Å². The first kappa shape index (κ1) is 21.6. The number of hydrogen-bond acceptors (Lipinski definition) is 4. The molecule has 0 saturated carbocycles. The van der Waals surface area contributed by atoms with Crippen molar-refractivity contribution in [1.29, 1.82) is 0 Å². The molecular weight excluding hydrogens is 454 g/mol. The Labute approximate surface area is 169 Å². The molecule has 138 valence electrons. The number of aromatic nitrogens is 1. The second-order valence-corrected chi connectivity index (χ2v) is 6.35. The van der Waals surface area contributed by atoms with Crippen LogP contribution < -0.4 is 15.4 Å². The van der Waals surface area contributed by atoms with E-state index in [0.29, 0.717) is 12.5 Å². The molecule has 0 saturated heterocycles. The summed E-state index contributed by atoms with van der Waals surface area (Å²) in [5.74, 6) is 0.560. The Kier molecular flexibility index (Phi) is 9.73. The second-order valence-electron chi connectivity index (χ2n) is 5.15. The first-order valence-corrected chi connectivity index (χ1v) is 8.68. The van der Waals surface area contributed by atoms with Crippen molar-refractivity contribution in [2.45, 2.75) is 26.3 Å². The number of aliphatic imine (C=N–C) groups is 1. The van der Waals surface area contributed by atoms with E-state index in [1.165, 1.54) is 18.1 Å². The number of nitrogens with zero attached hydrogens (tertiary/aromatic N) is 2. The summed E-state index contributed by atoms with van der Waals surface area (Å²) >= 11 is 1.74. The van der Waals surface area contributed by atoms with Crippen LogP contribution >= 0.6 is 35.3 Å². The Balaban J connectivity index is 0.00000312. The molecule has 1 heterocycles. The van der Waals surface area contributed by atoms with Gasteiger partial charge in [-0.2, -0.15) is 0 Å². The summed E-state index contributed by atoms with van der Waals surface area (Å²) in [6.45, 7) is 3.36. The molecule has 0 bridgehead atoms. The van der Waals surface area contributed by atoms with E-state index >= 15 is 0 Å². The molecule has 0 radical (unpaired) electrons. The molecule has 8 heteroatoms. The third kappa shape index (κ3) is 6.77. The quantitative estimate of drug-likeness (QED) is 0.364. The van der Waals surface area contributed by atoms with Crippen molar-refractivity contribution in [3.8, 4) is 5.75 Å². The van der Waals surface area contributed by atoms with Crippen LogP contribution in [0.4, 0.5) is 4.39 Å². The van der Waals surface area contributed by atoms with Gasteiger partial charge < -0.3 is 15.4 Å². The Morgan fingerprint density at radius 1 is 1.36 bits per heavy atom. The molecule has 25 heavy (non-hydrogen) atoms. The summed E-state index contributed by atoms with van der Waals surface area (Å²) < 4.78 is 18.6. The zero-order valence-corrected chi connectivity index (χ0v) is 17.8. The van der Waals surface area contributed by atoms with E-state index in [0.717, 1.165) is 30.0 Å². The van der Waals surface area contributed by atoms with Gasteiger partial charge >= 0.3 is 0 Å². The highest BCUT2D eigenvalue weighted by Crippen LogP contribution is 2.17. The summed E-state index contributed by atoms with van der Waals surface area (Å²) in [5, 5.41) is 7.52. The lowest BCUT2D eigenvalue weighted by Crippen LogP contribution is -2.37. The fourth-order valence-corrected chi connectivity index (χ4v) is 3.00. The Hall–Kier alpha value is -1.42. The molecule has 2 aromatic rings. The minimum atomic E-state index is -0.366. The van der Waals surface area contributed by atoms with Crippen LogP contribution in [0.2, 0.25) is 0 Å². The fourth-order valence-electron chi connectivity index (χ4n) is 2.14. The standard InChI is InChI=1S/C17H23FN4OS.HI/c1-4-13-11-21-16(24-13)7-8-20-17(19-2)22-10-12-5-6-15(23-3)14(18)9-12;/h5-6,9,11H,4,7-8,10H2,1-3H3,(H2,19,20,22);1H. The fraction of sp³-hybridized carbons (Fsp3) is 0.412. The Morgan fingerprint density at radius 2 is 2.16 bits per heavy atom. The predicted molar refractivity (Wildman–Crippen MR) is 112 cm³/mol. The maximum atomic E-state index is 13.7. The lowest BCUT2D eigenvalue weighted by Gasteiger charge is -2.12. The summed E-state index contributed by atoms with van der Waals surface area (Å²) in [6.07, 6.45) is 3.81. The van der Waals surface area contributed by atoms with Crippen molar-refractivity contribution in [1.82, 2.24) is 15.6 Å². The molecule has 0 aliphatic heterocycles. The molecule has 0 fully saturated rings. The number of guanidine groups is 1. The predicted octanol–water partition coefficient (Wildman–Crippen LogP) is 3.38. The molecule has 0 aliphatic rings. The summed E-state index contributed by atoms with van der Waals surface area (Å²) in [5.41, 5.74) is 0.823. The van der Waals surface area contributed by atoms with Crippen molar-refractivity contribution in [2.24, 2.45) is 4.99 Å². The molecule has 1 aromatic carbocycles. The largest absolute Gasteiger partial charge is 0.494 e. The van der Waals surface area contributed by atoms with Crippen molar-refractivity contribution in [3.05, 3.63) is 45.7 Å². The van der Waals surface area contributed by atoms with E-state index in [4.69, 9.17) is 4.74 Å². The normalized spacial score (nSPS) is 11.0. The van der Waals surface area contributed by atoms with Gasteiger partial charge in [0.05, 0.1) is 12.1 Å². The highest BCUT2D eigenvalue weighted by Gasteiger charge is 2.05. The first-order valence-electron chi connectivity index (χ1n) is 7.86. The maximum absolute atomic E-state index is 13.7. The van der Waals surface area contributed by atoms with Gasteiger partial charge in [-0.1, -0.05) is 13.0 Å². The van der Waals surface area contributed by atoms with E-state index in [1.807, 2.05) is 12.3 Å². The lowest BCUT2D eigenvalue weighted by molar-refractivity contribution is 0.386. The molecule has 0 spiro atoms. The van der Waals surface area contributed by atoms with Gasteiger partial charge in [-0.05, 0) is 24.1 Å². The second kappa shape index (κ2) is 11.2. The number of aryl methyl sites for hydroxylation is 1. The summed E-state index contributed by atoms with van der Waals surface area (Å²) in [4.78, 5) is 9.86. The number of thiazole rings is 1. The molecule has 0 amide bonds. The molecule has 5 nitrogen and oxygen atoms in total. The zero-order chi connectivity index (χ0) is 17.4.